The Morgan fingerprint density at radius 1 is 1.42 bits per heavy atom. The van der Waals surface area contributed by atoms with E-state index in [-0.39, 0.29) is 13.2 Å². The molecule has 0 unspecified atom stereocenters. The van der Waals surface area contributed by atoms with E-state index in [4.69, 9.17) is 4.74 Å². The van der Waals surface area contributed by atoms with Gasteiger partial charge in [0.15, 0.2) is 5.69 Å². The largest absolute Gasteiger partial charge is 0.545 e. The van der Waals surface area contributed by atoms with Gasteiger partial charge in [-0.05, 0) is 20.8 Å². The molecular weight excluding hydrogens is 265 g/mol. The number of hydrogen-bond acceptors (Lipinski definition) is 4. The normalized spacial score (nSPS) is 12.7. The van der Waals surface area contributed by atoms with E-state index >= 15 is 0 Å². The number of hydrogen-bond donors (Lipinski definition) is 0. The number of nitrogens with zero attached hydrogens (tertiary/aromatic N) is 2. The third kappa shape index (κ3) is 4.23. The topological polar surface area (TPSA) is 67.2 Å². The van der Waals surface area contributed by atoms with Crippen LogP contribution in [0.15, 0.2) is 6.20 Å². The monoisotopic (exact) mass is 279 g/mol. The van der Waals surface area contributed by atoms with Crippen molar-refractivity contribution in [1.82, 2.24) is 9.78 Å². The molecule has 0 aromatic carbocycles. The molecule has 8 heteroatoms. The molecule has 108 valence electrons. The van der Waals surface area contributed by atoms with E-state index in [0.717, 1.165) is 0 Å². The van der Waals surface area contributed by atoms with Crippen LogP contribution < -0.4 is 5.11 Å². The molecule has 1 heterocycles. The molecule has 0 aliphatic carbocycles. The van der Waals surface area contributed by atoms with E-state index < -0.39 is 29.0 Å². The number of rotatable bonds is 4. The van der Waals surface area contributed by atoms with Gasteiger partial charge < -0.3 is 14.6 Å². The van der Waals surface area contributed by atoms with E-state index in [1.165, 1.54) is 0 Å². The highest BCUT2D eigenvalue weighted by atomic mass is 19.4. The third-order valence-electron chi connectivity index (χ3n) is 2.17. The number of carboxylic acids is 1. The molecule has 1 rings (SSSR count). The van der Waals surface area contributed by atoms with Crippen molar-refractivity contribution in [2.24, 2.45) is 0 Å². The lowest BCUT2D eigenvalue weighted by Gasteiger charge is -2.20. The molecule has 0 N–H and O–H groups in total. The fourth-order valence-electron chi connectivity index (χ4n) is 1.44. The molecule has 0 spiro atoms. The maximum Gasteiger partial charge on any atom is 0.433 e. The zero-order chi connectivity index (χ0) is 14.8. The van der Waals surface area contributed by atoms with Crippen molar-refractivity contribution in [3.8, 4) is 0 Å². The van der Waals surface area contributed by atoms with Gasteiger partial charge in [0.25, 0.3) is 0 Å². The molecule has 0 radical (unpaired) electrons. The Morgan fingerprint density at radius 3 is 2.42 bits per heavy atom. The Bertz CT molecular complexity index is 461. The molecule has 0 saturated carbocycles. The van der Waals surface area contributed by atoms with Gasteiger partial charge in [-0.3, -0.25) is 4.68 Å². The zero-order valence-corrected chi connectivity index (χ0v) is 10.7. The van der Waals surface area contributed by atoms with Crippen LogP contribution in [-0.4, -0.2) is 28.0 Å². The lowest BCUT2D eigenvalue weighted by molar-refractivity contribution is -0.255. The van der Waals surface area contributed by atoms with Crippen molar-refractivity contribution in [2.75, 3.05) is 6.61 Å². The summed E-state index contributed by atoms with van der Waals surface area (Å²) in [5, 5.41) is 14.0. The van der Waals surface area contributed by atoms with Crippen molar-refractivity contribution in [1.29, 1.82) is 0 Å². The summed E-state index contributed by atoms with van der Waals surface area (Å²) < 4.78 is 44.2. The minimum absolute atomic E-state index is 0.0131. The van der Waals surface area contributed by atoms with Gasteiger partial charge in [-0.1, -0.05) is 0 Å². The summed E-state index contributed by atoms with van der Waals surface area (Å²) in [5.41, 5.74) is -2.80. The minimum atomic E-state index is -4.81. The van der Waals surface area contributed by atoms with Crippen molar-refractivity contribution < 1.29 is 27.8 Å². The van der Waals surface area contributed by atoms with Crippen LogP contribution in [0.25, 0.3) is 0 Å². The van der Waals surface area contributed by atoms with Gasteiger partial charge in [-0.15, -0.1) is 0 Å². The van der Waals surface area contributed by atoms with Crippen molar-refractivity contribution >= 4 is 5.97 Å². The summed E-state index contributed by atoms with van der Waals surface area (Å²) >= 11 is 0. The van der Waals surface area contributed by atoms with Gasteiger partial charge in [0.05, 0.1) is 30.9 Å². The van der Waals surface area contributed by atoms with Crippen LogP contribution in [0.4, 0.5) is 13.2 Å². The van der Waals surface area contributed by atoms with Crippen LogP contribution in [0.5, 0.6) is 0 Å². The van der Waals surface area contributed by atoms with E-state index in [9.17, 15) is 23.1 Å². The first-order chi connectivity index (χ1) is 8.52. The van der Waals surface area contributed by atoms with E-state index in [2.05, 4.69) is 5.10 Å². The highest BCUT2D eigenvalue weighted by molar-refractivity contribution is 5.87. The molecule has 0 fully saturated rings. The summed E-state index contributed by atoms with van der Waals surface area (Å²) in [7, 11) is 0. The van der Waals surface area contributed by atoms with Gasteiger partial charge in [-0.25, -0.2) is 0 Å². The molecule has 0 aliphatic heterocycles. The number of carbonyl (C=O) groups excluding carboxylic acids is 1. The first kappa shape index (κ1) is 15.5. The maximum absolute atomic E-state index is 12.8. The SMILES string of the molecule is CC(C)(C)OCCn1ncc(C(=O)[O-])c1C(F)(F)F. The Kier molecular flexibility index (Phi) is 4.24. The Labute approximate surface area is 108 Å². The summed E-state index contributed by atoms with van der Waals surface area (Å²) in [6, 6.07) is 0. The van der Waals surface area contributed by atoms with E-state index in [0.29, 0.717) is 10.9 Å². The molecule has 1 aromatic heterocycles. The number of carboxylic acid groups (broad SMARTS) is 1. The Morgan fingerprint density at radius 2 is 2.00 bits per heavy atom. The zero-order valence-electron chi connectivity index (χ0n) is 10.7. The molecule has 0 atom stereocenters. The average Bonchev–Trinajstić information content (AvgIpc) is 2.58. The van der Waals surface area contributed by atoms with Crippen LogP contribution in [0, 0.1) is 0 Å². The fourth-order valence-corrected chi connectivity index (χ4v) is 1.44. The summed E-state index contributed by atoms with van der Waals surface area (Å²) in [5.74, 6) is -1.91. The number of carbonyl (C=O) groups is 1. The summed E-state index contributed by atoms with van der Waals surface area (Å²) in [4.78, 5) is 10.6. The highest BCUT2D eigenvalue weighted by Crippen LogP contribution is 2.31. The smallest absolute Gasteiger partial charge is 0.433 e. The first-order valence-electron chi connectivity index (χ1n) is 5.50. The van der Waals surface area contributed by atoms with Crippen LogP contribution in [-0.2, 0) is 17.5 Å². The third-order valence-corrected chi connectivity index (χ3v) is 2.17. The Balaban J connectivity index is 2.93. The van der Waals surface area contributed by atoms with Gasteiger partial charge in [0.1, 0.15) is 0 Å². The first-order valence-corrected chi connectivity index (χ1v) is 5.50. The standard InChI is InChI=1S/C11H15F3N2O3/c1-10(2,3)19-5-4-16-8(11(12,13)14)7(6-15-16)9(17)18/h6H,4-5H2,1-3H3,(H,17,18)/p-1. The van der Waals surface area contributed by atoms with Crippen LogP contribution in [0.1, 0.15) is 36.8 Å². The second kappa shape index (κ2) is 5.20. The molecule has 0 amide bonds. The Hall–Kier alpha value is -1.57. The second-order valence-electron chi connectivity index (χ2n) is 4.88. The molecule has 1 aromatic rings. The molecule has 0 bridgehead atoms. The second-order valence-corrected chi connectivity index (χ2v) is 4.88. The lowest BCUT2D eigenvalue weighted by Crippen LogP contribution is -2.28. The van der Waals surface area contributed by atoms with Crippen LogP contribution >= 0.6 is 0 Å². The number of aromatic nitrogens is 2. The lowest BCUT2D eigenvalue weighted by atomic mass is 10.2. The highest BCUT2D eigenvalue weighted by Gasteiger charge is 2.38. The van der Waals surface area contributed by atoms with Gasteiger partial charge >= 0.3 is 6.18 Å². The van der Waals surface area contributed by atoms with Crippen LogP contribution in [0.3, 0.4) is 0 Å². The number of alkyl halides is 3. The van der Waals surface area contributed by atoms with Gasteiger partial charge in [0, 0.05) is 5.56 Å². The predicted molar refractivity (Wildman–Crippen MR) is 57.3 cm³/mol. The van der Waals surface area contributed by atoms with Crippen molar-refractivity contribution in [2.45, 2.75) is 39.1 Å². The molecule has 5 nitrogen and oxygen atoms in total. The fraction of sp³-hybridized carbons (Fsp3) is 0.636. The van der Waals surface area contributed by atoms with Gasteiger partial charge in [0.2, 0.25) is 0 Å². The summed E-state index contributed by atoms with van der Waals surface area (Å²) in [6.07, 6.45) is -4.18. The molecular formula is C11H14F3N2O3-. The number of ether oxygens (including phenoxy) is 1. The minimum Gasteiger partial charge on any atom is -0.545 e. The molecule has 19 heavy (non-hydrogen) atoms. The number of aromatic carboxylic acids is 1. The maximum atomic E-state index is 12.8. The quantitative estimate of drug-likeness (QED) is 0.827. The summed E-state index contributed by atoms with van der Waals surface area (Å²) in [6.45, 7) is 5.06. The van der Waals surface area contributed by atoms with Crippen LogP contribution in [0.2, 0.25) is 0 Å². The van der Waals surface area contributed by atoms with E-state index in [1.54, 1.807) is 20.8 Å². The molecule has 0 aliphatic rings. The van der Waals surface area contributed by atoms with E-state index in [1.807, 2.05) is 0 Å². The van der Waals surface area contributed by atoms with Crippen molar-refractivity contribution in [3.05, 3.63) is 17.5 Å². The predicted octanol–water partition coefficient (Wildman–Crippen LogP) is 1.08. The average molecular weight is 279 g/mol. The van der Waals surface area contributed by atoms with Crippen molar-refractivity contribution in [3.63, 3.8) is 0 Å². The van der Waals surface area contributed by atoms with Gasteiger partial charge in [-0.2, -0.15) is 18.3 Å². The number of halogens is 3. The molecule has 0 saturated heterocycles.